The maximum absolute atomic E-state index is 13.0. The molecule has 1 aliphatic rings. The summed E-state index contributed by atoms with van der Waals surface area (Å²) in [5, 5.41) is 1.29. The Balaban J connectivity index is 0.00000243. The molecule has 2 aromatic rings. The molecule has 1 aliphatic heterocycles. The molecule has 0 aliphatic carbocycles. The summed E-state index contributed by atoms with van der Waals surface area (Å²) in [5.74, 6) is 0.456. The number of hydrogen-bond acceptors (Lipinski definition) is 2. The zero-order valence-corrected chi connectivity index (χ0v) is 17.2. The summed E-state index contributed by atoms with van der Waals surface area (Å²) in [5.41, 5.74) is 2.52. The molecule has 1 N–H and O–H groups in total. The first-order chi connectivity index (χ1) is 12.0. The van der Waals surface area contributed by atoms with Crippen LogP contribution in [0.15, 0.2) is 30.5 Å². The third kappa shape index (κ3) is 4.41. The standard InChI is InChI=1S/C21H31N3O.ClH/c1-15(2)24(16(3)4)21(25)17-8-7-11-23(13-17)14-18-12-22-20-10-6-5-9-19(18)20;/h5-6,9-10,12,15-17,22H,7-8,11,13-14H2,1-4H3;1H. The van der Waals surface area contributed by atoms with Crippen LogP contribution in [0.3, 0.4) is 0 Å². The van der Waals surface area contributed by atoms with Gasteiger partial charge in [-0.2, -0.15) is 0 Å². The fourth-order valence-electron chi connectivity index (χ4n) is 4.22. The third-order valence-electron chi connectivity index (χ3n) is 5.29. The summed E-state index contributed by atoms with van der Waals surface area (Å²) in [6.07, 6.45) is 4.23. The number of hydrogen-bond donors (Lipinski definition) is 1. The number of rotatable bonds is 5. The highest BCUT2D eigenvalue weighted by molar-refractivity contribution is 5.85. The van der Waals surface area contributed by atoms with Crippen LogP contribution in [0.4, 0.5) is 0 Å². The van der Waals surface area contributed by atoms with Crippen LogP contribution < -0.4 is 0 Å². The molecule has 1 saturated heterocycles. The molecule has 2 heterocycles. The van der Waals surface area contributed by atoms with E-state index in [1.807, 2.05) is 0 Å². The number of likely N-dealkylation sites (tertiary alicyclic amines) is 1. The highest BCUT2D eigenvalue weighted by Crippen LogP contribution is 2.25. The minimum absolute atomic E-state index is 0. The van der Waals surface area contributed by atoms with E-state index < -0.39 is 0 Å². The van der Waals surface area contributed by atoms with Gasteiger partial charge in [0.25, 0.3) is 0 Å². The van der Waals surface area contributed by atoms with Crippen molar-refractivity contribution in [3.63, 3.8) is 0 Å². The van der Waals surface area contributed by atoms with Crippen LogP contribution in [0.2, 0.25) is 0 Å². The van der Waals surface area contributed by atoms with E-state index in [4.69, 9.17) is 0 Å². The minimum Gasteiger partial charge on any atom is -0.361 e. The Kier molecular flexibility index (Phi) is 7.13. The Morgan fingerprint density at radius 3 is 2.62 bits per heavy atom. The molecule has 5 heteroatoms. The van der Waals surface area contributed by atoms with Crippen molar-refractivity contribution in [1.82, 2.24) is 14.8 Å². The molecule has 3 rings (SSSR count). The number of aromatic nitrogens is 1. The average molecular weight is 378 g/mol. The van der Waals surface area contributed by atoms with E-state index in [1.165, 1.54) is 16.5 Å². The smallest absolute Gasteiger partial charge is 0.227 e. The Bertz CT molecular complexity index is 717. The molecule has 1 amide bonds. The summed E-state index contributed by atoms with van der Waals surface area (Å²) in [7, 11) is 0. The Labute approximate surface area is 163 Å². The van der Waals surface area contributed by atoms with Gasteiger partial charge in [-0.15, -0.1) is 12.4 Å². The van der Waals surface area contributed by atoms with Crippen molar-refractivity contribution in [2.75, 3.05) is 13.1 Å². The Morgan fingerprint density at radius 1 is 1.23 bits per heavy atom. The number of carbonyl (C=O) groups excluding carboxylic acids is 1. The second-order valence-corrected chi connectivity index (χ2v) is 7.87. The van der Waals surface area contributed by atoms with Crippen molar-refractivity contribution in [1.29, 1.82) is 0 Å². The van der Waals surface area contributed by atoms with Gasteiger partial charge < -0.3 is 9.88 Å². The molecule has 1 aromatic carbocycles. The number of nitrogens with zero attached hydrogens (tertiary/aromatic N) is 2. The quantitative estimate of drug-likeness (QED) is 0.836. The van der Waals surface area contributed by atoms with Gasteiger partial charge in [0.15, 0.2) is 0 Å². The van der Waals surface area contributed by atoms with E-state index in [1.54, 1.807) is 0 Å². The number of fused-ring (bicyclic) bond motifs is 1. The normalized spacial score (nSPS) is 18.3. The van der Waals surface area contributed by atoms with Crippen molar-refractivity contribution in [3.8, 4) is 0 Å². The molecule has 0 saturated carbocycles. The van der Waals surface area contributed by atoms with E-state index in [0.717, 1.165) is 32.5 Å². The van der Waals surface area contributed by atoms with Crippen LogP contribution in [0, 0.1) is 5.92 Å². The fourth-order valence-corrected chi connectivity index (χ4v) is 4.22. The lowest BCUT2D eigenvalue weighted by molar-refractivity contribution is -0.141. The fraction of sp³-hybridized carbons (Fsp3) is 0.571. The van der Waals surface area contributed by atoms with Crippen LogP contribution in [0.25, 0.3) is 10.9 Å². The number of H-pyrrole nitrogens is 1. The van der Waals surface area contributed by atoms with Crippen LogP contribution in [-0.4, -0.2) is 45.9 Å². The summed E-state index contributed by atoms with van der Waals surface area (Å²) < 4.78 is 0. The monoisotopic (exact) mass is 377 g/mol. The Hall–Kier alpha value is -1.52. The van der Waals surface area contributed by atoms with Gasteiger partial charge in [0.05, 0.1) is 5.92 Å². The maximum atomic E-state index is 13.0. The second-order valence-electron chi connectivity index (χ2n) is 7.87. The number of benzene rings is 1. The van der Waals surface area contributed by atoms with E-state index in [9.17, 15) is 4.79 Å². The number of halogens is 1. The predicted molar refractivity (Wildman–Crippen MR) is 111 cm³/mol. The predicted octanol–water partition coefficient (Wildman–Crippen LogP) is 4.45. The van der Waals surface area contributed by atoms with Gasteiger partial charge in [0, 0.05) is 42.3 Å². The van der Waals surface area contributed by atoms with E-state index in [-0.39, 0.29) is 30.4 Å². The van der Waals surface area contributed by atoms with Gasteiger partial charge in [-0.1, -0.05) is 18.2 Å². The Morgan fingerprint density at radius 2 is 1.92 bits per heavy atom. The summed E-state index contributed by atoms with van der Waals surface area (Å²) in [4.78, 5) is 20.9. The summed E-state index contributed by atoms with van der Waals surface area (Å²) >= 11 is 0. The number of para-hydroxylation sites is 1. The zero-order chi connectivity index (χ0) is 18.0. The van der Waals surface area contributed by atoms with Crippen molar-refractivity contribution in [2.45, 2.75) is 59.2 Å². The molecule has 1 unspecified atom stereocenters. The largest absolute Gasteiger partial charge is 0.361 e. The second kappa shape index (κ2) is 8.92. The van der Waals surface area contributed by atoms with Gasteiger partial charge in [-0.05, 0) is 58.7 Å². The van der Waals surface area contributed by atoms with Crippen molar-refractivity contribution in [2.24, 2.45) is 5.92 Å². The molecule has 4 nitrogen and oxygen atoms in total. The van der Waals surface area contributed by atoms with Gasteiger partial charge in [0.2, 0.25) is 5.91 Å². The van der Waals surface area contributed by atoms with Crippen molar-refractivity contribution in [3.05, 3.63) is 36.0 Å². The number of amides is 1. The molecular formula is C21H32ClN3O. The van der Waals surface area contributed by atoms with Crippen molar-refractivity contribution < 1.29 is 4.79 Å². The molecule has 1 fully saturated rings. The third-order valence-corrected chi connectivity index (χ3v) is 5.29. The molecule has 0 radical (unpaired) electrons. The highest BCUT2D eigenvalue weighted by Gasteiger charge is 2.31. The molecule has 0 bridgehead atoms. The van der Waals surface area contributed by atoms with E-state index >= 15 is 0 Å². The SMILES string of the molecule is CC(C)N(C(=O)C1CCCN(Cc2c[nH]c3ccccc23)C1)C(C)C.Cl. The zero-order valence-electron chi connectivity index (χ0n) is 16.4. The lowest BCUT2D eigenvalue weighted by Gasteiger charge is -2.38. The molecule has 26 heavy (non-hydrogen) atoms. The maximum Gasteiger partial charge on any atom is 0.227 e. The van der Waals surface area contributed by atoms with E-state index in [2.05, 4.69) is 72.9 Å². The van der Waals surface area contributed by atoms with Gasteiger partial charge in [-0.25, -0.2) is 0 Å². The lowest BCUT2D eigenvalue weighted by Crippen LogP contribution is -2.49. The van der Waals surface area contributed by atoms with Crippen LogP contribution in [0.5, 0.6) is 0 Å². The van der Waals surface area contributed by atoms with Crippen molar-refractivity contribution >= 4 is 29.2 Å². The number of carbonyl (C=O) groups is 1. The number of nitrogens with one attached hydrogen (secondary N) is 1. The van der Waals surface area contributed by atoms with E-state index in [0.29, 0.717) is 5.91 Å². The van der Waals surface area contributed by atoms with Gasteiger partial charge >= 0.3 is 0 Å². The molecule has 1 atom stereocenters. The first kappa shape index (κ1) is 20.8. The summed E-state index contributed by atoms with van der Waals surface area (Å²) in [6.45, 7) is 11.3. The summed E-state index contributed by atoms with van der Waals surface area (Å²) in [6, 6.07) is 8.96. The molecule has 1 aromatic heterocycles. The van der Waals surface area contributed by atoms with Gasteiger partial charge in [-0.3, -0.25) is 9.69 Å². The first-order valence-electron chi connectivity index (χ1n) is 9.57. The number of aromatic amines is 1. The molecule has 0 spiro atoms. The van der Waals surface area contributed by atoms with Gasteiger partial charge in [0.1, 0.15) is 0 Å². The number of piperidine rings is 1. The first-order valence-corrected chi connectivity index (χ1v) is 9.57. The lowest BCUT2D eigenvalue weighted by atomic mass is 9.95. The minimum atomic E-state index is 0. The van der Waals surface area contributed by atoms with Crippen LogP contribution in [-0.2, 0) is 11.3 Å². The van der Waals surface area contributed by atoms with Crippen LogP contribution >= 0.6 is 12.4 Å². The highest BCUT2D eigenvalue weighted by atomic mass is 35.5. The molecule has 144 valence electrons. The topological polar surface area (TPSA) is 39.3 Å². The average Bonchev–Trinajstić information content (AvgIpc) is 2.97. The molecular weight excluding hydrogens is 346 g/mol. The van der Waals surface area contributed by atoms with Crippen LogP contribution in [0.1, 0.15) is 46.1 Å².